The van der Waals surface area contributed by atoms with Crippen molar-refractivity contribution >= 4 is 5.91 Å². The number of halogens is 1. The zero-order valence-electron chi connectivity index (χ0n) is 14.3. The Morgan fingerprint density at radius 2 is 2.19 bits per heavy atom. The van der Waals surface area contributed by atoms with Crippen molar-refractivity contribution in [3.8, 4) is 5.75 Å². The molecule has 0 saturated heterocycles. The standard InChI is InChI=1S/C19H22FN3O3/c20-14-3-1-2-4-17(14)26-19(5-6-19)18(25)22-15-9-13(10-16(15)24)11-23-8-7-21-12-23/h1-4,7-8,12-13,15-16,24H,5-6,9-11H2,(H,22,25)/t13?,15-,16-/m1/s1. The van der Waals surface area contributed by atoms with Crippen molar-refractivity contribution in [2.45, 2.75) is 50.0 Å². The quantitative estimate of drug-likeness (QED) is 0.826. The average molecular weight is 359 g/mol. The fourth-order valence-corrected chi connectivity index (χ4v) is 3.64. The van der Waals surface area contributed by atoms with E-state index in [1.54, 1.807) is 24.7 Å². The lowest BCUT2D eigenvalue weighted by Gasteiger charge is -2.22. The Labute approximate surface area is 151 Å². The molecule has 0 spiro atoms. The number of ether oxygens (including phenoxy) is 1. The number of aliphatic hydroxyl groups excluding tert-OH is 1. The lowest BCUT2D eigenvalue weighted by molar-refractivity contribution is -0.131. The second-order valence-corrected chi connectivity index (χ2v) is 7.27. The first-order valence-corrected chi connectivity index (χ1v) is 8.94. The van der Waals surface area contributed by atoms with Crippen LogP contribution in [0.4, 0.5) is 4.39 Å². The highest BCUT2D eigenvalue weighted by molar-refractivity contribution is 5.88. The molecule has 2 fully saturated rings. The van der Waals surface area contributed by atoms with Gasteiger partial charge >= 0.3 is 0 Å². The Morgan fingerprint density at radius 1 is 1.38 bits per heavy atom. The maximum atomic E-state index is 13.8. The summed E-state index contributed by atoms with van der Waals surface area (Å²) < 4.78 is 21.5. The largest absolute Gasteiger partial charge is 0.474 e. The number of carbonyl (C=O) groups is 1. The van der Waals surface area contributed by atoms with Crippen molar-refractivity contribution < 1.29 is 19.0 Å². The second-order valence-electron chi connectivity index (χ2n) is 7.27. The average Bonchev–Trinajstić information content (AvgIpc) is 3.07. The third-order valence-electron chi connectivity index (χ3n) is 5.23. The first kappa shape index (κ1) is 17.0. The summed E-state index contributed by atoms with van der Waals surface area (Å²) in [6, 6.07) is 5.78. The lowest BCUT2D eigenvalue weighted by atomic mass is 10.1. The number of hydrogen-bond donors (Lipinski definition) is 2. The van der Waals surface area contributed by atoms with Crippen molar-refractivity contribution in [1.82, 2.24) is 14.9 Å². The monoisotopic (exact) mass is 359 g/mol. The molecular formula is C19H22FN3O3. The number of nitrogens with zero attached hydrogens (tertiary/aromatic N) is 2. The molecule has 26 heavy (non-hydrogen) atoms. The molecule has 1 aromatic heterocycles. The van der Waals surface area contributed by atoms with Gasteiger partial charge < -0.3 is 19.7 Å². The SMILES string of the molecule is O=C(N[C@@H]1CC(Cn2ccnc2)C[C@H]1O)C1(Oc2ccccc2F)CC1. The van der Waals surface area contributed by atoms with E-state index in [9.17, 15) is 14.3 Å². The highest BCUT2D eigenvalue weighted by Crippen LogP contribution is 2.41. The number of imidazole rings is 1. The van der Waals surface area contributed by atoms with Crippen LogP contribution in [0.15, 0.2) is 43.0 Å². The van der Waals surface area contributed by atoms with Crippen molar-refractivity contribution in [3.05, 3.63) is 48.8 Å². The van der Waals surface area contributed by atoms with Crippen LogP contribution in [-0.2, 0) is 11.3 Å². The third kappa shape index (κ3) is 3.44. The summed E-state index contributed by atoms with van der Waals surface area (Å²) in [4.78, 5) is 16.7. The Morgan fingerprint density at radius 3 is 2.88 bits per heavy atom. The number of para-hydroxylation sites is 1. The minimum Gasteiger partial charge on any atom is -0.474 e. The molecule has 1 amide bonds. The number of rotatable bonds is 6. The van der Waals surface area contributed by atoms with Gasteiger partial charge in [0.25, 0.3) is 5.91 Å². The van der Waals surface area contributed by atoms with E-state index < -0.39 is 17.5 Å². The molecule has 2 aromatic rings. The molecule has 2 aliphatic rings. The lowest BCUT2D eigenvalue weighted by Crippen LogP contribution is -2.48. The van der Waals surface area contributed by atoms with Crippen LogP contribution in [0.3, 0.4) is 0 Å². The van der Waals surface area contributed by atoms with Gasteiger partial charge in [0.1, 0.15) is 0 Å². The van der Waals surface area contributed by atoms with Gasteiger partial charge in [0.05, 0.1) is 18.5 Å². The molecule has 1 heterocycles. The Hall–Kier alpha value is -2.41. The van der Waals surface area contributed by atoms with Gasteiger partial charge in [-0.25, -0.2) is 9.37 Å². The summed E-state index contributed by atoms with van der Waals surface area (Å²) in [5.41, 5.74) is -1.01. The second kappa shape index (κ2) is 6.72. The van der Waals surface area contributed by atoms with Crippen molar-refractivity contribution in [2.24, 2.45) is 5.92 Å². The normalized spacial score (nSPS) is 26.5. The summed E-state index contributed by atoms with van der Waals surface area (Å²) in [7, 11) is 0. The Kier molecular flexibility index (Phi) is 4.40. The predicted molar refractivity (Wildman–Crippen MR) is 91.9 cm³/mol. The van der Waals surface area contributed by atoms with Gasteiger partial charge in [0.15, 0.2) is 17.2 Å². The van der Waals surface area contributed by atoms with E-state index in [-0.39, 0.29) is 23.6 Å². The van der Waals surface area contributed by atoms with E-state index in [4.69, 9.17) is 4.74 Å². The molecule has 1 aromatic carbocycles. The zero-order chi connectivity index (χ0) is 18.1. The fourth-order valence-electron chi connectivity index (χ4n) is 3.64. The number of amides is 1. The van der Waals surface area contributed by atoms with Crippen molar-refractivity contribution in [1.29, 1.82) is 0 Å². The highest BCUT2D eigenvalue weighted by Gasteiger charge is 2.54. The molecule has 6 nitrogen and oxygen atoms in total. The maximum absolute atomic E-state index is 13.8. The number of aromatic nitrogens is 2. The van der Waals surface area contributed by atoms with E-state index in [1.165, 1.54) is 12.1 Å². The van der Waals surface area contributed by atoms with Crippen LogP contribution < -0.4 is 10.1 Å². The molecule has 3 atom stereocenters. The molecule has 0 aliphatic heterocycles. The van der Waals surface area contributed by atoms with E-state index in [1.807, 2.05) is 10.8 Å². The maximum Gasteiger partial charge on any atom is 0.264 e. The van der Waals surface area contributed by atoms with Crippen LogP contribution in [0.5, 0.6) is 5.75 Å². The summed E-state index contributed by atoms with van der Waals surface area (Å²) in [6.07, 6.45) is 7.20. The summed E-state index contributed by atoms with van der Waals surface area (Å²) in [6.45, 7) is 0.764. The van der Waals surface area contributed by atoms with Crippen LogP contribution in [0.25, 0.3) is 0 Å². The molecule has 4 rings (SSSR count). The van der Waals surface area contributed by atoms with Crippen LogP contribution >= 0.6 is 0 Å². The van der Waals surface area contributed by atoms with Gasteiger partial charge in [-0.3, -0.25) is 4.79 Å². The van der Waals surface area contributed by atoms with Gasteiger partial charge in [-0.1, -0.05) is 12.1 Å². The number of benzene rings is 1. The third-order valence-corrected chi connectivity index (χ3v) is 5.23. The van der Waals surface area contributed by atoms with Gasteiger partial charge in [-0.15, -0.1) is 0 Å². The molecule has 138 valence electrons. The minimum absolute atomic E-state index is 0.0881. The molecule has 0 bridgehead atoms. The first-order chi connectivity index (χ1) is 12.6. The van der Waals surface area contributed by atoms with Crippen LogP contribution in [0.1, 0.15) is 25.7 Å². The number of carbonyl (C=O) groups excluding carboxylic acids is 1. The molecule has 2 N–H and O–H groups in total. The summed E-state index contributed by atoms with van der Waals surface area (Å²) in [5, 5.41) is 13.2. The topological polar surface area (TPSA) is 76.4 Å². The van der Waals surface area contributed by atoms with Crippen molar-refractivity contribution in [3.63, 3.8) is 0 Å². The van der Waals surface area contributed by atoms with Crippen LogP contribution in [-0.4, -0.2) is 38.3 Å². The molecule has 7 heteroatoms. The fraction of sp³-hybridized carbons (Fsp3) is 0.474. The van der Waals surface area contributed by atoms with Crippen LogP contribution in [0.2, 0.25) is 0 Å². The van der Waals surface area contributed by atoms with Gasteiger partial charge in [-0.2, -0.15) is 0 Å². The number of aliphatic hydroxyl groups is 1. The number of hydrogen-bond acceptors (Lipinski definition) is 4. The van der Waals surface area contributed by atoms with Crippen LogP contribution in [0, 0.1) is 11.7 Å². The predicted octanol–water partition coefficient (Wildman–Crippen LogP) is 1.89. The zero-order valence-corrected chi connectivity index (χ0v) is 14.3. The first-order valence-electron chi connectivity index (χ1n) is 8.94. The Balaban J connectivity index is 1.36. The molecular weight excluding hydrogens is 337 g/mol. The van der Waals surface area contributed by atoms with E-state index in [0.717, 1.165) is 6.54 Å². The smallest absolute Gasteiger partial charge is 0.264 e. The van der Waals surface area contributed by atoms with E-state index in [0.29, 0.717) is 25.7 Å². The molecule has 1 unspecified atom stereocenters. The van der Waals surface area contributed by atoms with E-state index >= 15 is 0 Å². The van der Waals surface area contributed by atoms with Gasteiger partial charge in [0.2, 0.25) is 0 Å². The molecule has 0 radical (unpaired) electrons. The van der Waals surface area contributed by atoms with E-state index in [2.05, 4.69) is 10.3 Å². The van der Waals surface area contributed by atoms with Gasteiger partial charge in [0, 0.05) is 31.8 Å². The molecule has 2 aliphatic carbocycles. The summed E-state index contributed by atoms with van der Waals surface area (Å²) >= 11 is 0. The minimum atomic E-state index is -1.01. The number of nitrogens with one attached hydrogen (secondary N) is 1. The Bertz CT molecular complexity index is 776. The molecule has 2 saturated carbocycles. The van der Waals surface area contributed by atoms with Crippen molar-refractivity contribution in [2.75, 3.05) is 0 Å². The van der Waals surface area contributed by atoms with Gasteiger partial charge in [-0.05, 0) is 30.9 Å². The summed E-state index contributed by atoms with van der Waals surface area (Å²) in [5.74, 6) is -0.391. The highest BCUT2D eigenvalue weighted by atomic mass is 19.1.